The molecular formula is C26H27N3O4S. The molecule has 0 saturated carbocycles. The van der Waals surface area contributed by atoms with Gasteiger partial charge in [0.1, 0.15) is 11.4 Å². The van der Waals surface area contributed by atoms with Gasteiger partial charge in [0.05, 0.1) is 12.0 Å². The molecule has 0 atom stereocenters. The molecule has 1 amide bonds. The Hall–Kier alpha value is -3.62. The minimum absolute atomic E-state index is 0.183. The molecule has 34 heavy (non-hydrogen) atoms. The fraction of sp³-hybridized carbons (Fsp3) is 0.192. The van der Waals surface area contributed by atoms with Gasteiger partial charge in [-0.05, 0) is 35.9 Å². The summed E-state index contributed by atoms with van der Waals surface area (Å²) in [5, 5.41) is 3.66. The summed E-state index contributed by atoms with van der Waals surface area (Å²) in [5.74, 6) is 0.446. The van der Waals surface area contributed by atoms with Crippen LogP contribution in [0.25, 0.3) is 10.9 Å². The zero-order valence-corrected chi connectivity index (χ0v) is 20.2. The van der Waals surface area contributed by atoms with Crippen molar-refractivity contribution in [2.45, 2.75) is 18.0 Å². The highest BCUT2D eigenvalue weighted by molar-refractivity contribution is 7.89. The lowest BCUT2D eigenvalue weighted by Gasteiger charge is -2.13. The Morgan fingerprint density at radius 1 is 0.971 bits per heavy atom. The third kappa shape index (κ3) is 4.69. The van der Waals surface area contributed by atoms with Crippen molar-refractivity contribution < 1.29 is 17.9 Å². The quantitative estimate of drug-likeness (QED) is 0.418. The molecule has 0 radical (unpaired) electrons. The second-order valence-corrected chi connectivity index (χ2v) is 10.3. The molecule has 4 aromatic rings. The van der Waals surface area contributed by atoms with Crippen molar-refractivity contribution in [3.8, 4) is 5.75 Å². The summed E-state index contributed by atoms with van der Waals surface area (Å²) in [6.07, 6.45) is 0. The van der Waals surface area contributed by atoms with Crippen molar-refractivity contribution in [2.24, 2.45) is 0 Å². The molecule has 0 spiro atoms. The standard InChI is InChI=1S/C26H27N3O4S/c1-28(2)34(31,32)22-13-14-23-21(15-22)16-24(29(23)18-19-9-5-4-6-10-19)26(30)27-17-20-11-7-8-12-25(20)33-3/h4-16H,17-18H2,1-3H3,(H,27,30). The van der Waals surface area contributed by atoms with Crippen LogP contribution < -0.4 is 10.1 Å². The van der Waals surface area contributed by atoms with Crippen LogP contribution in [0.2, 0.25) is 0 Å². The maximum atomic E-state index is 13.3. The Morgan fingerprint density at radius 2 is 1.68 bits per heavy atom. The van der Waals surface area contributed by atoms with Crippen molar-refractivity contribution in [2.75, 3.05) is 21.2 Å². The molecule has 0 bridgehead atoms. The van der Waals surface area contributed by atoms with Gasteiger partial charge < -0.3 is 14.6 Å². The molecule has 1 heterocycles. The van der Waals surface area contributed by atoms with Gasteiger partial charge in [0.25, 0.3) is 5.91 Å². The van der Waals surface area contributed by atoms with Crippen LogP contribution in [0.15, 0.2) is 83.8 Å². The highest BCUT2D eigenvalue weighted by Crippen LogP contribution is 2.26. The highest BCUT2D eigenvalue weighted by Gasteiger charge is 2.21. The van der Waals surface area contributed by atoms with Crippen LogP contribution in [0.3, 0.4) is 0 Å². The summed E-state index contributed by atoms with van der Waals surface area (Å²) in [4.78, 5) is 13.5. The van der Waals surface area contributed by atoms with Crippen LogP contribution in [0.5, 0.6) is 5.75 Å². The lowest BCUT2D eigenvalue weighted by molar-refractivity contribution is 0.0942. The van der Waals surface area contributed by atoms with Crippen molar-refractivity contribution >= 4 is 26.8 Å². The summed E-state index contributed by atoms with van der Waals surface area (Å²) >= 11 is 0. The van der Waals surface area contributed by atoms with Gasteiger partial charge >= 0.3 is 0 Å². The SMILES string of the molecule is COc1ccccc1CNC(=O)c1cc2cc(S(=O)(=O)N(C)C)ccc2n1Cc1ccccc1. The largest absolute Gasteiger partial charge is 0.496 e. The van der Waals surface area contributed by atoms with Gasteiger partial charge in [-0.3, -0.25) is 4.79 Å². The number of benzene rings is 3. The second kappa shape index (κ2) is 9.70. The number of hydrogen-bond donors (Lipinski definition) is 1. The number of aromatic nitrogens is 1. The van der Waals surface area contributed by atoms with Crippen molar-refractivity contribution in [1.29, 1.82) is 0 Å². The summed E-state index contributed by atoms with van der Waals surface area (Å²) in [6.45, 7) is 0.775. The molecule has 0 saturated heterocycles. The molecule has 1 N–H and O–H groups in total. The van der Waals surface area contributed by atoms with Gasteiger partial charge in [0.15, 0.2) is 0 Å². The number of amides is 1. The summed E-state index contributed by atoms with van der Waals surface area (Å²) < 4.78 is 33.7. The maximum Gasteiger partial charge on any atom is 0.268 e. The van der Waals surface area contributed by atoms with E-state index in [0.29, 0.717) is 29.9 Å². The van der Waals surface area contributed by atoms with E-state index in [-0.39, 0.29) is 10.8 Å². The van der Waals surface area contributed by atoms with E-state index in [1.54, 1.807) is 31.4 Å². The summed E-state index contributed by atoms with van der Waals surface area (Å²) in [7, 11) is 0.993. The highest BCUT2D eigenvalue weighted by atomic mass is 32.2. The molecule has 0 aliphatic heterocycles. The lowest BCUT2D eigenvalue weighted by Crippen LogP contribution is -2.25. The van der Waals surface area contributed by atoms with Crippen molar-refractivity contribution in [3.05, 3.63) is 95.7 Å². The Kier molecular flexibility index (Phi) is 6.72. The number of nitrogens with one attached hydrogen (secondary N) is 1. The summed E-state index contributed by atoms with van der Waals surface area (Å²) in [6, 6.07) is 24.0. The number of rotatable bonds is 8. The first-order valence-corrected chi connectivity index (χ1v) is 12.2. The van der Waals surface area contributed by atoms with Crippen LogP contribution in [0, 0.1) is 0 Å². The maximum absolute atomic E-state index is 13.3. The molecule has 1 aromatic heterocycles. The zero-order chi connectivity index (χ0) is 24.3. The minimum Gasteiger partial charge on any atom is -0.496 e. The Balaban J connectivity index is 1.73. The molecule has 0 aliphatic carbocycles. The Labute approximate surface area is 199 Å². The molecule has 176 valence electrons. The third-order valence-corrected chi connectivity index (χ3v) is 7.51. The van der Waals surface area contributed by atoms with Gasteiger partial charge in [-0.1, -0.05) is 48.5 Å². The number of para-hydroxylation sites is 1. The molecule has 0 fully saturated rings. The van der Waals surface area contributed by atoms with E-state index in [2.05, 4.69) is 5.32 Å². The number of ether oxygens (including phenoxy) is 1. The average Bonchev–Trinajstić information content (AvgIpc) is 3.20. The fourth-order valence-electron chi connectivity index (χ4n) is 3.86. The number of hydrogen-bond acceptors (Lipinski definition) is 4. The number of sulfonamides is 1. The van der Waals surface area contributed by atoms with Crippen LogP contribution in [-0.4, -0.2) is 44.4 Å². The first-order chi connectivity index (χ1) is 16.3. The fourth-order valence-corrected chi connectivity index (χ4v) is 4.80. The zero-order valence-electron chi connectivity index (χ0n) is 19.4. The molecule has 4 rings (SSSR count). The van der Waals surface area contributed by atoms with Crippen LogP contribution in [-0.2, 0) is 23.1 Å². The summed E-state index contributed by atoms with van der Waals surface area (Å²) in [5.41, 5.74) is 3.13. The first kappa shape index (κ1) is 23.5. The Bertz CT molecular complexity index is 1430. The second-order valence-electron chi connectivity index (χ2n) is 8.10. The average molecular weight is 478 g/mol. The van der Waals surface area contributed by atoms with Gasteiger partial charge in [0, 0.05) is 43.7 Å². The van der Waals surface area contributed by atoms with Crippen molar-refractivity contribution in [1.82, 2.24) is 14.2 Å². The van der Waals surface area contributed by atoms with E-state index in [4.69, 9.17) is 4.74 Å². The number of carbonyl (C=O) groups excluding carboxylic acids is 1. The third-order valence-electron chi connectivity index (χ3n) is 5.70. The number of fused-ring (bicyclic) bond motifs is 1. The lowest BCUT2D eigenvalue weighted by atomic mass is 10.2. The monoisotopic (exact) mass is 477 g/mol. The smallest absolute Gasteiger partial charge is 0.268 e. The van der Waals surface area contributed by atoms with Crippen LogP contribution >= 0.6 is 0 Å². The van der Waals surface area contributed by atoms with E-state index in [1.165, 1.54) is 18.4 Å². The van der Waals surface area contributed by atoms with E-state index < -0.39 is 10.0 Å². The Morgan fingerprint density at radius 3 is 2.38 bits per heavy atom. The minimum atomic E-state index is -3.60. The first-order valence-electron chi connectivity index (χ1n) is 10.8. The van der Waals surface area contributed by atoms with Crippen LogP contribution in [0.4, 0.5) is 0 Å². The topological polar surface area (TPSA) is 80.6 Å². The van der Waals surface area contributed by atoms with Gasteiger partial charge in [-0.25, -0.2) is 12.7 Å². The predicted octanol–water partition coefficient (Wildman–Crippen LogP) is 3.88. The van der Waals surface area contributed by atoms with E-state index in [1.807, 2.05) is 59.2 Å². The molecule has 7 nitrogen and oxygen atoms in total. The number of methoxy groups -OCH3 is 1. The van der Waals surface area contributed by atoms with Gasteiger partial charge in [-0.2, -0.15) is 0 Å². The normalized spacial score (nSPS) is 11.6. The van der Waals surface area contributed by atoms with Crippen molar-refractivity contribution in [3.63, 3.8) is 0 Å². The number of carbonyl (C=O) groups is 1. The predicted molar refractivity (Wildman–Crippen MR) is 133 cm³/mol. The molecule has 0 unspecified atom stereocenters. The van der Waals surface area contributed by atoms with Gasteiger partial charge in [0.2, 0.25) is 10.0 Å². The van der Waals surface area contributed by atoms with E-state index >= 15 is 0 Å². The van der Waals surface area contributed by atoms with Gasteiger partial charge in [-0.15, -0.1) is 0 Å². The van der Waals surface area contributed by atoms with E-state index in [9.17, 15) is 13.2 Å². The molecular weight excluding hydrogens is 450 g/mol. The molecule has 3 aromatic carbocycles. The van der Waals surface area contributed by atoms with E-state index in [0.717, 1.165) is 16.6 Å². The number of nitrogens with zero attached hydrogens (tertiary/aromatic N) is 2. The molecule has 8 heteroatoms. The molecule has 0 aliphatic rings. The van der Waals surface area contributed by atoms with Crippen LogP contribution in [0.1, 0.15) is 21.6 Å².